The van der Waals surface area contributed by atoms with Crippen molar-refractivity contribution < 1.29 is 9.59 Å². The third-order valence-corrected chi connectivity index (χ3v) is 3.73. The van der Waals surface area contributed by atoms with Crippen LogP contribution in [-0.4, -0.2) is 55.0 Å². The smallest absolute Gasteiger partial charge is 0.242 e. The van der Waals surface area contributed by atoms with E-state index in [1.807, 2.05) is 11.9 Å². The molecule has 18 heavy (non-hydrogen) atoms. The summed E-state index contributed by atoms with van der Waals surface area (Å²) in [6.45, 7) is 1.44. The van der Waals surface area contributed by atoms with Gasteiger partial charge in [-0.1, -0.05) is 0 Å². The van der Waals surface area contributed by atoms with Gasteiger partial charge in [-0.2, -0.15) is 0 Å². The Morgan fingerprint density at radius 3 is 2.94 bits per heavy atom. The van der Waals surface area contributed by atoms with Crippen molar-refractivity contribution in [1.82, 2.24) is 15.5 Å². The van der Waals surface area contributed by atoms with Crippen LogP contribution in [0, 0.1) is 0 Å². The van der Waals surface area contributed by atoms with Crippen LogP contribution in [0.25, 0.3) is 0 Å². The number of carbonyl (C=O) groups is 2. The van der Waals surface area contributed by atoms with Gasteiger partial charge in [0.2, 0.25) is 11.8 Å². The van der Waals surface area contributed by atoms with Crippen LogP contribution in [-0.2, 0) is 9.59 Å². The number of nitrogens with two attached hydrogens (primary N) is 1. The Hall–Kier alpha value is -1.14. The molecule has 6 heteroatoms. The Bertz CT molecular complexity index is 334. The molecular weight excluding hydrogens is 232 g/mol. The van der Waals surface area contributed by atoms with Crippen LogP contribution in [0.4, 0.5) is 0 Å². The number of likely N-dealkylation sites (tertiary alicyclic amines) is 1. The monoisotopic (exact) mass is 254 g/mol. The molecular formula is C12H22N4O2. The molecule has 102 valence electrons. The van der Waals surface area contributed by atoms with Gasteiger partial charge in [0.25, 0.3) is 0 Å². The van der Waals surface area contributed by atoms with Gasteiger partial charge >= 0.3 is 0 Å². The van der Waals surface area contributed by atoms with Gasteiger partial charge in [0.1, 0.15) is 6.04 Å². The maximum absolute atomic E-state index is 12.1. The number of carbonyl (C=O) groups excluding carboxylic acids is 2. The van der Waals surface area contributed by atoms with Crippen LogP contribution in [0.1, 0.15) is 25.7 Å². The molecule has 0 aromatic heterocycles. The molecule has 0 radical (unpaired) electrons. The third kappa shape index (κ3) is 3.00. The van der Waals surface area contributed by atoms with E-state index < -0.39 is 0 Å². The van der Waals surface area contributed by atoms with Crippen LogP contribution < -0.4 is 16.4 Å². The molecule has 2 rings (SSSR count). The predicted molar refractivity (Wildman–Crippen MR) is 67.8 cm³/mol. The Kier molecular flexibility index (Phi) is 4.19. The zero-order valence-corrected chi connectivity index (χ0v) is 10.8. The summed E-state index contributed by atoms with van der Waals surface area (Å²) in [6.07, 6.45) is 3.33. The molecule has 2 fully saturated rings. The number of nitrogens with one attached hydrogen (secondary N) is 2. The highest BCUT2D eigenvalue weighted by atomic mass is 16.2. The Balaban J connectivity index is 1.91. The van der Waals surface area contributed by atoms with E-state index in [0.717, 1.165) is 25.8 Å². The van der Waals surface area contributed by atoms with E-state index in [1.54, 1.807) is 0 Å². The lowest BCUT2D eigenvalue weighted by atomic mass is 10.1. The van der Waals surface area contributed by atoms with Gasteiger partial charge in [-0.05, 0) is 32.7 Å². The van der Waals surface area contributed by atoms with Gasteiger partial charge in [0, 0.05) is 19.1 Å². The number of likely N-dealkylation sites (N-methyl/N-ethyl adjacent to an activating group) is 1. The third-order valence-electron chi connectivity index (χ3n) is 3.73. The SMILES string of the molecule is CN1C[C@@H](N)C[C@H]1C(=O)N[C@H]1CCCCNC1=O. The first-order valence-electron chi connectivity index (χ1n) is 6.62. The highest BCUT2D eigenvalue weighted by molar-refractivity contribution is 5.90. The van der Waals surface area contributed by atoms with Crippen molar-refractivity contribution in [2.45, 2.75) is 43.8 Å². The molecule has 3 atom stereocenters. The van der Waals surface area contributed by atoms with E-state index in [4.69, 9.17) is 5.73 Å². The first-order valence-corrected chi connectivity index (χ1v) is 6.62. The normalized spacial score (nSPS) is 33.9. The lowest BCUT2D eigenvalue weighted by Crippen LogP contribution is -2.50. The molecule has 6 nitrogen and oxygen atoms in total. The minimum atomic E-state index is -0.384. The number of hydrogen-bond acceptors (Lipinski definition) is 4. The van der Waals surface area contributed by atoms with Gasteiger partial charge in [0.15, 0.2) is 0 Å². The van der Waals surface area contributed by atoms with Crippen molar-refractivity contribution in [3.05, 3.63) is 0 Å². The molecule has 0 bridgehead atoms. The number of nitrogens with zero attached hydrogens (tertiary/aromatic N) is 1. The highest BCUT2D eigenvalue weighted by Crippen LogP contribution is 2.15. The standard InChI is InChI=1S/C12H22N4O2/c1-16-7-8(13)6-10(16)12(18)15-9-4-2-3-5-14-11(9)17/h8-10H,2-7,13H2,1H3,(H,14,17)(H,15,18)/t8-,9-,10-/m0/s1. The van der Waals surface area contributed by atoms with E-state index in [9.17, 15) is 9.59 Å². The summed E-state index contributed by atoms with van der Waals surface area (Å²) in [4.78, 5) is 25.8. The van der Waals surface area contributed by atoms with Crippen molar-refractivity contribution in [2.24, 2.45) is 5.73 Å². The molecule has 2 heterocycles. The Labute approximate surface area is 107 Å². The fraction of sp³-hybridized carbons (Fsp3) is 0.833. The fourth-order valence-corrected chi connectivity index (χ4v) is 2.69. The number of rotatable bonds is 2. The largest absolute Gasteiger partial charge is 0.354 e. The lowest BCUT2D eigenvalue weighted by molar-refractivity contribution is -0.131. The molecule has 2 amide bonds. The average molecular weight is 254 g/mol. The van der Waals surface area contributed by atoms with Crippen LogP contribution in [0.15, 0.2) is 0 Å². The predicted octanol–water partition coefficient (Wildman–Crippen LogP) is -1.20. The van der Waals surface area contributed by atoms with E-state index in [-0.39, 0.29) is 29.9 Å². The van der Waals surface area contributed by atoms with Gasteiger partial charge in [-0.25, -0.2) is 0 Å². The molecule has 4 N–H and O–H groups in total. The molecule has 0 aliphatic carbocycles. The van der Waals surface area contributed by atoms with Gasteiger partial charge in [-0.3, -0.25) is 14.5 Å². The maximum Gasteiger partial charge on any atom is 0.242 e. The summed E-state index contributed by atoms with van der Waals surface area (Å²) in [5.41, 5.74) is 5.84. The van der Waals surface area contributed by atoms with Crippen molar-refractivity contribution in [1.29, 1.82) is 0 Å². The van der Waals surface area contributed by atoms with E-state index in [0.29, 0.717) is 13.0 Å². The van der Waals surface area contributed by atoms with Crippen LogP contribution >= 0.6 is 0 Å². The Morgan fingerprint density at radius 1 is 1.50 bits per heavy atom. The highest BCUT2D eigenvalue weighted by Gasteiger charge is 2.34. The average Bonchev–Trinajstić information content (AvgIpc) is 2.52. The first-order chi connectivity index (χ1) is 8.58. The lowest BCUT2D eigenvalue weighted by Gasteiger charge is -2.22. The minimum Gasteiger partial charge on any atom is -0.354 e. The second-order valence-electron chi connectivity index (χ2n) is 5.30. The van der Waals surface area contributed by atoms with E-state index in [1.165, 1.54) is 0 Å². The second kappa shape index (κ2) is 5.67. The van der Waals surface area contributed by atoms with Crippen LogP contribution in [0.3, 0.4) is 0 Å². The molecule has 2 aliphatic rings. The summed E-state index contributed by atoms with van der Waals surface area (Å²) in [6, 6.07) is -0.532. The molecule has 0 unspecified atom stereocenters. The summed E-state index contributed by atoms with van der Waals surface area (Å²) in [5.74, 6) is -0.140. The van der Waals surface area contributed by atoms with Gasteiger partial charge < -0.3 is 16.4 Å². The second-order valence-corrected chi connectivity index (χ2v) is 5.30. The molecule has 0 saturated carbocycles. The molecule has 2 saturated heterocycles. The quantitative estimate of drug-likeness (QED) is 0.578. The number of amides is 2. The Morgan fingerprint density at radius 2 is 2.28 bits per heavy atom. The zero-order valence-electron chi connectivity index (χ0n) is 10.8. The molecule has 0 aromatic carbocycles. The van der Waals surface area contributed by atoms with Crippen LogP contribution in [0.2, 0.25) is 0 Å². The summed E-state index contributed by atoms with van der Waals surface area (Å²) < 4.78 is 0. The molecule has 0 aromatic rings. The topological polar surface area (TPSA) is 87.5 Å². The summed E-state index contributed by atoms with van der Waals surface area (Å²) in [7, 11) is 1.89. The number of hydrogen-bond donors (Lipinski definition) is 3. The first kappa shape index (κ1) is 13.3. The van der Waals surface area contributed by atoms with Gasteiger partial charge in [-0.15, -0.1) is 0 Å². The maximum atomic E-state index is 12.1. The van der Waals surface area contributed by atoms with Crippen molar-refractivity contribution in [2.75, 3.05) is 20.1 Å². The summed E-state index contributed by atoms with van der Waals surface area (Å²) >= 11 is 0. The zero-order chi connectivity index (χ0) is 13.1. The molecule has 2 aliphatic heterocycles. The van der Waals surface area contributed by atoms with E-state index >= 15 is 0 Å². The summed E-state index contributed by atoms with van der Waals surface area (Å²) in [5, 5.41) is 5.67. The molecule has 0 spiro atoms. The van der Waals surface area contributed by atoms with Crippen molar-refractivity contribution in [3.63, 3.8) is 0 Å². The van der Waals surface area contributed by atoms with Crippen molar-refractivity contribution >= 4 is 11.8 Å². The minimum absolute atomic E-state index is 0.0497. The van der Waals surface area contributed by atoms with Gasteiger partial charge in [0.05, 0.1) is 6.04 Å². The van der Waals surface area contributed by atoms with Crippen LogP contribution in [0.5, 0.6) is 0 Å². The van der Waals surface area contributed by atoms with E-state index in [2.05, 4.69) is 10.6 Å². The fourth-order valence-electron chi connectivity index (χ4n) is 2.69. The van der Waals surface area contributed by atoms with Crippen molar-refractivity contribution in [3.8, 4) is 0 Å².